The van der Waals surface area contributed by atoms with E-state index in [-0.39, 0.29) is 0 Å². The number of aryl methyl sites for hydroxylation is 1. The highest BCUT2D eigenvalue weighted by molar-refractivity contribution is 5.65. The van der Waals surface area contributed by atoms with Gasteiger partial charge in [-0.1, -0.05) is 42.5 Å². The van der Waals surface area contributed by atoms with E-state index in [2.05, 4.69) is 0 Å². The molecular formula is C25H32O10. The van der Waals surface area contributed by atoms with Crippen LogP contribution in [0.15, 0.2) is 42.5 Å². The van der Waals surface area contributed by atoms with E-state index in [1.54, 1.807) is 30.3 Å². The Morgan fingerprint density at radius 1 is 0.600 bits per heavy atom. The summed E-state index contributed by atoms with van der Waals surface area (Å²) in [4.78, 5) is 0. The third-order valence-electron chi connectivity index (χ3n) is 6.93. The van der Waals surface area contributed by atoms with Crippen molar-refractivity contribution in [2.24, 2.45) is 0 Å². The second-order valence-corrected chi connectivity index (χ2v) is 9.19. The predicted octanol–water partition coefficient (Wildman–Crippen LogP) is -1.31. The van der Waals surface area contributed by atoms with Gasteiger partial charge in [-0.05, 0) is 34.7 Å². The van der Waals surface area contributed by atoms with Crippen LogP contribution in [0.2, 0.25) is 0 Å². The summed E-state index contributed by atoms with van der Waals surface area (Å²) in [6.07, 6.45) is -12.3. The first-order valence-electron chi connectivity index (χ1n) is 11.5. The van der Waals surface area contributed by atoms with Crippen LogP contribution in [-0.4, -0.2) is 103 Å². The number of ether oxygens (including phenoxy) is 2. The summed E-state index contributed by atoms with van der Waals surface area (Å²) in [5, 5.41) is 79.8. The summed E-state index contributed by atoms with van der Waals surface area (Å²) in [6.45, 7) is 0.821. The van der Waals surface area contributed by atoms with E-state index in [9.17, 15) is 40.9 Å². The van der Waals surface area contributed by atoms with Gasteiger partial charge in [0.2, 0.25) is 0 Å². The van der Waals surface area contributed by atoms with Crippen LogP contribution < -0.4 is 0 Å². The van der Waals surface area contributed by atoms with E-state index < -0.39 is 74.3 Å². The normalized spacial score (nSPS) is 37.9. The van der Waals surface area contributed by atoms with E-state index in [4.69, 9.17) is 9.47 Å². The van der Waals surface area contributed by atoms with Crippen LogP contribution in [0.25, 0.3) is 11.1 Å². The summed E-state index contributed by atoms with van der Waals surface area (Å²) < 4.78 is 11.3. The van der Waals surface area contributed by atoms with Gasteiger partial charge in [-0.2, -0.15) is 0 Å². The second kappa shape index (κ2) is 10.6. The third-order valence-corrected chi connectivity index (χ3v) is 6.93. The molecule has 0 spiro atoms. The van der Waals surface area contributed by atoms with Crippen molar-refractivity contribution in [3.05, 3.63) is 59.2 Å². The summed E-state index contributed by atoms with van der Waals surface area (Å²) >= 11 is 0. The Labute approximate surface area is 202 Å². The van der Waals surface area contributed by atoms with Gasteiger partial charge in [0, 0.05) is 0 Å². The lowest BCUT2D eigenvalue weighted by molar-refractivity contribution is -0.231. The van der Waals surface area contributed by atoms with Crippen molar-refractivity contribution in [3.8, 4) is 11.1 Å². The number of benzene rings is 2. The summed E-state index contributed by atoms with van der Waals surface area (Å²) in [5.41, 5.74) is 3.63. The molecule has 0 aromatic heterocycles. The number of hydrogen-bond acceptors (Lipinski definition) is 10. The monoisotopic (exact) mass is 492 g/mol. The van der Waals surface area contributed by atoms with Crippen molar-refractivity contribution in [2.75, 3.05) is 13.2 Å². The lowest BCUT2D eigenvalue weighted by atomic mass is 9.88. The Morgan fingerprint density at radius 3 is 1.60 bits per heavy atom. The smallest absolute Gasteiger partial charge is 0.113 e. The molecule has 0 amide bonds. The second-order valence-electron chi connectivity index (χ2n) is 9.19. The number of rotatable bonds is 5. The van der Waals surface area contributed by atoms with Crippen molar-refractivity contribution in [1.82, 2.24) is 0 Å². The quantitative estimate of drug-likeness (QED) is 0.250. The van der Waals surface area contributed by atoms with Crippen LogP contribution in [0.3, 0.4) is 0 Å². The molecule has 0 radical (unpaired) electrons. The molecule has 8 N–H and O–H groups in total. The minimum Gasteiger partial charge on any atom is -0.394 e. The molecule has 2 fully saturated rings. The fourth-order valence-corrected chi connectivity index (χ4v) is 4.78. The van der Waals surface area contributed by atoms with Gasteiger partial charge in [-0.15, -0.1) is 0 Å². The van der Waals surface area contributed by atoms with Gasteiger partial charge in [-0.25, -0.2) is 0 Å². The van der Waals surface area contributed by atoms with Gasteiger partial charge < -0.3 is 50.3 Å². The van der Waals surface area contributed by atoms with E-state index in [1.165, 1.54) is 0 Å². The summed E-state index contributed by atoms with van der Waals surface area (Å²) in [6, 6.07) is 12.5. The highest BCUT2D eigenvalue weighted by Crippen LogP contribution is 2.36. The number of aliphatic hydroxyl groups is 8. The fourth-order valence-electron chi connectivity index (χ4n) is 4.78. The number of hydrogen-bond donors (Lipinski definition) is 8. The van der Waals surface area contributed by atoms with Crippen molar-refractivity contribution in [2.45, 2.75) is 68.0 Å². The SMILES string of the molecule is Cc1cc(-c2ccc(C3OC(CO)C(O)C(O)C3O)cc2)ccc1C1OC(CO)C(O)C(O)C1O. The molecule has 2 saturated heterocycles. The van der Waals surface area contributed by atoms with Gasteiger partial charge in [0.1, 0.15) is 61.0 Å². The molecule has 35 heavy (non-hydrogen) atoms. The molecule has 2 heterocycles. The first-order valence-corrected chi connectivity index (χ1v) is 11.5. The Kier molecular flexibility index (Phi) is 7.89. The topological polar surface area (TPSA) is 180 Å². The first kappa shape index (κ1) is 26.1. The molecule has 0 bridgehead atoms. The van der Waals surface area contributed by atoms with Crippen molar-refractivity contribution < 1.29 is 50.3 Å². The maximum Gasteiger partial charge on any atom is 0.113 e. The average molecular weight is 493 g/mol. The minimum atomic E-state index is -1.46. The fraction of sp³-hybridized carbons (Fsp3) is 0.520. The highest BCUT2D eigenvalue weighted by atomic mass is 16.6. The van der Waals surface area contributed by atoms with Crippen LogP contribution in [0, 0.1) is 6.92 Å². The van der Waals surface area contributed by atoms with Gasteiger partial charge in [0.25, 0.3) is 0 Å². The van der Waals surface area contributed by atoms with Gasteiger partial charge in [0.05, 0.1) is 13.2 Å². The molecule has 10 unspecified atom stereocenters. The molecule has 10 atom stereocenters. The summed E-state index contributed by atoms with van der Waals surface area (Å²) in [7, 11) is 0. The van der Waals surface area contributed by atoms with E-state index in [0.717, 1.165) is 16.7 Å². The molecule has 10 heteroatoms. The van der Waals surface area contributed by atoms with Crippen molar-refractivity contribution in [3.63, 3.8) is 0 Å². The van der Waals surface area contributed by atoms with Crippen LogP contribution >= 0.6 is 0 Å². The molecule has 2 aliphatic rings. The predicted molar refractivity (Wildman–Crippen MR) is 122 cm³/mol. The largest absolute Gasteiger partial charge is 0.394 e. The molecule has 2 aromatic rings. The van der Waals surface area contributed by atoms with E-state index in [1.807, 2.05) is 19.1 Å². The van der Waals surface area contributed by atoms with Crippen LogP contribution in [0.1, 0.15) is 28.9 Å². The molecular weight excluding hydrogens is 460 g/mol. The number of aliphatic hydroxyl groups excluding tert-OH is 8. The van der Waals surface area contributed by atoms with Crippen molar-refractivity contribution >= 4 is 0 Å². The Morgan fingerprint density at radius 2 is 1.09 bits per heavy atom. The lowest BCUT2D eigenvalue weighted by Crippen LogP contribution is -2.55. The van der Waals surface area contributed by atoms with Crippen LogP contribution in [-0.2, 0) is 9.47 Å². The van der Waals surface area contributed by atoms with Gasteiger partial charge in [0.15, 0.2) is 0 Å². The molecule has 192 valence electrons. The van der Waals surface area contributed by atoms with Gasteiger partial charge in [-0.3, -0.25) is 0 Å². The molecule has 2 aromatic carbocycles. The van der Waals surface area contributed by atoms with Crippen LogP contribution in [0.5, 0.6) is 0 Å². The summed E-state index contributed by atoms with van der Waals surface area (Å²) in [5.74, 6) is 0. The third kappa shape index (κ3) is 4.87. The minimum absolute atomic E-state index is 0.500. The van der Waals surface area contributed by atoms with Gasteiger partial charge >= 0.3 is 0 Å². The molecule has 0 saturated carbocycles. The van der Waals surface area contributed by atoms with Crippen LogP contribution in [0.4, 0.5) is 0 Å². The Hall–Kier alpha value is -1.96. The average Bonchev–Trinajstić information content (AvgIpc) is 2.87. The zero-order valence-corrected chi connectivity index (χ0v) is 19.1. The zero-order chi connectivity index (χ0) is 25.4. The Balaban J connectivity index is 1.54. The molecule has 10 nitrogen and oxygen atoms in total. The maximum atomic E-state index is 10.4. The Bertz CT molecular complexity index is 994. The standard InChI is InChI=1S/C25H32O10/c1-11-8-14(6-7-15(11)25-23(33)21(31)19(29)17(10-27)35-25)12-2-4-13(5-3-12)24-22(32)20(30)18(28)16(9-26)34-24/h2-8,16-33H,9-10H2,1H3. The first-order chi connectivity index (χ1) is 16.7. The van der Waals surface area contributed by atoms with E-state index in [0.29, 0.717) is 11.1 Å². The van der Waals surface area contributed by atoms with Crippen molar-refractivity contribution in [1.29, 1.82) is 0 Å². The lowest BCUT2D eigenvalue weighted by Gasteiger charge is -2.40. The zero-order valence-electron chi connectivity index (χ0n) is 19.1. The molecule has 4 rings (SSSR count). The molecule has 2 aliphatic heterocycles. The molecule has 0 aliphatic carbocycles. The highest BCUT2D eigenvalue weighted by Gasteiger charge is 2.45. The maximum absolute atomic E-state index is 10.4. The van der Waals surface area contributed by atoms with E-state index >= 15 is 0 Å².